The lowest BCUT2D eigenvalue weighted by atomic mass is 10.0. The smallest absolute Gasteiger partial charge is 0.354 e. The average Bonchev–Trinajstić information content (AvgIpc) is 2.54. The molecule has 0 aliphatic rings. The van der Waals surface area contributed by atoms with Gasteiger partial charge in [-0.15, -0.1) is 0 Å². The molecule has 1 heterocycles. The first-order valence-corrected chi connectivity index (χ1v) is 7.37. The number of fused-ring (bicyclic) bond motifs is 1. The minimum absolute atomic E-state index is 0.00770. The number of nitriles is 1. The predicted octanol–water partition coefficient (Wildman–Crippen LogP) is 4.80. The van der Waals surface area contributed by atoms with Gasteiger partial charge >= 0.3 is 5.63 Å². The monoisotopic (exact) mass is 321 g/mol. The Labute approximate surface area is 138 Å². The van der Waals surface area contributed by atoms with Crippen molar-refractivity contribution >= 4 is 34.7 Å². The van der Waals surface area contributed by atoms with E-state index < -0.39 is 5.63 Å². The Kier molecular flexibility index (Phi) is 4.01. The highest BCUT2D eigenvalue weighted by Gasteiger charge is 2.12. The van der Waals surface area contributed by atoms with Gasteiger partial charge in [0, 0.05) is 16.0 Å². The molecule has 0 spiro atoms. The number of rotatable bonds is 2. The summed E-state index contributed by atoms with van der Waals surface area (Å²) in [6, 6.07) is 14.8. The number of hydrogen-bond acceptors (Lipinski definition) is 3. The quantitative estimate of drug-likeness (QED) is 0.637. The molecular formula is C19H12ClNO2. The fourth-order valence-electron chi connectivity index (χ4n) is 2.37. The zero-order valence-electron chi connectivity index (χ0n) is 12.3. The molecule has 3 nitrogen and oxygen atoms in total. The third-order valence-corrected chi connectivity index (χ3v) is 3.78. The maximum Gasteiger partial charge on any atom is 0.354 e. The first kappa shape index (κ1) is 15.1. The first-order chi connectivity index (χ1) is 11.1. The van der Waals surface area contributed by atoms with Crippen LogP contribution in [0.3, 0.4) is 0 Å². The van der Waals surface area contributed by atoms with Crippen LogP contribution in [0.15, 0.2) is 51.7 Å². The molecule has 0 aliphatic heterocycles. The Morgan fingerprint density at radius 2 is 1.87 bits per heavy atom. The number of halogens is 1. The normalized spacial score (nSPS) is 11.0. The van der Waals surface area contributed by atoms with Crippen LogP contribution < -0.4 is 5.63 Å². The molecule has 4 heteroatoms. The van der Waals surface area contributed by atoms with Crippen LogP contribution in [-0.4, -0.2) is 0 Å². The van der Waals surface area contributed by atoms with E-state index in [0.29, 0.717) is 16.2 Å². The zero-order chi connectivity index (χ0) is 16.4. The van der Waals surface area contributed by atoms with Crippen molar-refractivity contribution in [1.82, 2.24) is 0 Å². The fourth-order valence-corrected chi connectivity index (χ4v) is 2.50. The van der Waals surface area contributed by atoms with Crippen molar-refractivity contribution in [3.63, 3.8) is 0 Å². The Morgan fingerprint density at radius 1 is 1.13 bits per heavy atom. The van der Waals surface area contributed by atoms with Crippen LogP contribution in [0.5, 0.6) is 0 Å². The summed E-state index contributed by atoms with van der Waals surface area (Å²) in [6.07, 6.45) is 3.61. The van der Waals surface area contributed by atoms with E-state index in [1.54, 1.807) is 24.3 Å². The fraction of sp³-hybridized carbons (Fsp3) is 0.0526. The van der Waals surface area contributed by atoms with Crippen molar-refractivity contribution in [2.24, 2.45) is 0 Å². The molecule has 0 bridgehead atoms. The van der Waals surface area contributed by atoms with E-state index in [0.717, 1.165) is 16.5 Å². The Morgan fingerprint density at radius 3 is 2.57 bits per heavy atom. The van der Waals surface area contributed by atoms with Crippen LogP contribution in [0.4, 0.5) is 0 Å². The molecule has 3 rings (SSSR count). The maximum atomic E-state index is 12.0. The standard InChI is InChI=1S/C19H12ClNO2/c1-12-2-9-18-16(10-12)15(17(11-21)19(22)23-18)8-5-13-3-6-14(20)7-4-13/h2-10H,1H3. The summed E-state index contributed by atoms with van der Waals surface area (Å²) in [5, 5.41) is 10.7. The number of benzene rings is 2. The summed E-state index contributed by atoms with van der Waals surface area (Å²) in [6.45, 7) is 1.95. The predicted molar refractivity (Wildman–Crippen MR) is 92.3 cm³/mol. The summed E-state index contributed by atoms with van der Waals surface area (Å²) in [5.74, 6) is 0. The second kappa shape index (κ2) is 6.12. The van der Waals surface area contributed by atoms with Gasteiger partial charge in [0.1, 0.15) is 17.2 Å². The van der Waals surface area contributed by atoms with Crippen LogP contribution in [0.2, 0.25) is 5.02 Å². The van der Waals surface area contributed by atoms with Crippen molar-refractivity contribution in [2.45, 2.75) is 6.92 Å². The van der Waals surface area contributed by atoms with E-state index in [4.69, 9.17) is 16.0 Å². The molecule has 23 heavy (non-hydrogen) atoms. The zero-order valence-corrected chi connectivity index (χ0v) is 13.1. The summed E-state index contributed by atoms with van der Waals surface area (Å²) in [5.41, 5.74) is 2.37. The molecule has 3 aromatic rings. The lowest BCUT2D eigenvalue weighted by Gasteiger charge is -2.04. The van der Waals surface area contributed by atoms with Crippen molar-refractivity contribution in [3.05, 3.63) is 80.2 Å². The summed E-state index contributed by atoms with van der Waals surface area (Å²) in [4.78, 5) is 12.0. The highest BCUT2D eigenvalue weighted by atomic mass is 35.5. The summed E-state index contributed by atoms with van der Waals surface area (Å²) < 4.78 is 5.22. The third kappa shape index (κ3) is 3.03. The van der Waals surface area contributed by atoms with E-state index in [-0.39, 0.29) is 5.56 Å². The van der Waals surface area contributed by atoms with Crippen LogP contribution in [0, 0.1) is 18.3 Å². The topological polar surface area (TPSA) is 54.0 Å². The van der Waals surface area contributed by atoms with Gasteiger partial charge in [-0.25, -0.2) is 4.79 Å². The minimum Gasteiger partial charge on any atom is -0.422 e. The molecule has 112 valence electrons. The van der Waals surface area contributed by atoms with E-state index in [9.17, 15) is 10.1 Å². The van der Waals surface area contributed by atoms with Crippen LogP contribution >= 0.6 is 11.6 Å². The molecule has 0 unspecified atom stereocenters. The van der Waals surface area contributed by atoms with Gasteiger partial charge in [0.25, 0.3) is 0 Å². The molecule has 0 atom stereocenters. The summed E-state index contributed by atoms with van der Waals surface area (Å²) in [7, 11) is 0. The molecular weight excluding hydrogens is 310 g/mol. The van der Waals surface area contributed by atoms with Crippen molar-refractivity contribution < 1.29 is 4.42 Å². The molecule has 0 saturated heterocycles. The second-order valence-corrected chi connectivity index (χ2v) is 5.61. The van der Waals surface area contributed by atoms with Gasteiger partial charge in [-0.2, -0.15) is 5.26 Å². The highest BCUT2D eigenvalue weighted by molar-refractivity contribution is 6.30. The van der Waals surface area contributed by atoms with Gasteiger partial charge in [-0.05, 0) is 36.8 Å². The largest absolute Gasteiger partial charge is 0.422 e. The number of hydrogen-bond donors (Lipinski definition) is 0. The van der Waals surface area contributed by atoms with Crippen LogP contribution in [-0.2, 0) is 0 Å². The molecule has 0 amide bonds. The van der Waals surface area contributed by atoms with Crippen molar-refractivity contribution in [2.75, 3.05) is 0 Å². The number of nitrogens with zero attached hydrogens (tertiary/aromatic N) is 1. The molecule has 0 fully saturated rings. The van der Waals surface area contributed by atoms with Gasteiger partial charge in [-0.1, -0.05) is 47.5 Å². The lowest BCUT2D eigenvalue weighted by Crippen LogP contribution is -2.06. The first-order valence-electron chi connectivity index (χ1n) is 7.00. The molecule has 1 aromatic heterocycles. The van der Waals surface area contributed by atoms with Crippen molar-refractivity contribution in [3.8, 4) is 6.07 Å². The molecule has 0 radical (unpaired) electrons. The van der Waals surface area contributed by atoms with E-state index in [1.165, 1.54) is 0 Å². The summed E-state index contributed by atoms with van der Waals surface area (Å²) >= 11 is 5.87. The van der Waals surface area contributed by atoms with E-state index in [1.807, 2.05) is 43.3 Å². The van der Waals surface area contributed by atoms with Crippen molar-refractivity contribution in [1.29, 1.82) is 5.26 Å². The van der Waals surface area contributed by atoms with Crippen LogP contribution in [0.25, 0.3) is 23.1 Å². The van der Waals surface area contributed by atoms with Gasteiger partial charge in [0.15, 0.2) is 0 Å². The van der Waals surface area contributed by atoms with E-state index in [2.05, 4.69) is 0 Å². The SMILES string of the molecule is Cc1ccc2oc(=O)c(C#N)c(C=Cc3ccc(Cl)cc3)c2c1. The molecule has 0 N–H and O–H groups in total. The Bertz CT molecular complexity index is 1010. The van der Waals surface area contributed by atoms with E-state index >= 15 is 0 Å². The van der Waals surface area contributed by atoms with Gasteiger partial charge in [0.2, 0.25) is 0 Å². The molecule has 0 aliphatic carbocycles. The minimum atomic E-state index is -0.625. The highest BCUT2D eigenvalue weighted by Crippen LogP contribution is 2.23. The second-order valence-electron chi connectivity index (χ2n) is 5.17. The lowest BCUT2D eigenvalue weighted by molar-refractivity contribution is 0.558. The average molecular weight is 322 g/mol. The number of aryl methyl sites for hydroxylation is 1. The molecule has 2 aromatic carbocycles. The van der Waals surface area contributed by atoms with Gasteiger partial charge in [-0.3, -0.25) is 0 Å². The molecule has 0 saturated carbocycles. The Hall–Kier alpha value is -2.83. The third-order valence-electron chi connectivity index (χ3n) is 3.53. The van der Waals surface area contributed by atoms with Crippen LogP contribution in [0.1, 0.15) is 22.3 Å². The Balaban J connectivity index is 2.22. The van der Waals surface area contributed by atoms with Gasteiger partial charge in [0.05, 0.1) is 0 Å². The maximum absolute atomic E-state index is 12.0. The van der Waals surface area contributed by atoms with Gasteiger partial charge < -0.3 is 4.42 Å².